The fraction of sp³-hybridized carbons (Fsp3) is 0.846. The van der Waals surface area contributed by atoms with Crippen molar-refractivity contribution in [1.29, 1.82) is 0 Å². The summed E-state index contributed by atoms with van der Waals surface area (Å²) in [5.74, 6) is 0. The Labute approximate surface area is 99.7 Å². The Bertz CT molecular complexity index is 216. The minimum absolute atomic E-state index is 0.179. The van der Waals surface area contributed by atoms with Gasteiger partial charge in [0.1, 0.15) is 0 Å². The van der Waals surface area contributed by atoms with Crippen LogP contribution in [0.25, 0.3) is 0 Å². The van der Waals surface area contributed by atoms with Gasteiger partial charge in [-0.05, 0) is 39.9 Å². The van der Waals surface area contributed by atoms with Crippen LogP contribution in [0.1, 0.15) is 26.2 Å². The van der Waals surface area contributed by atoms with E-state index in [-0.39, 0.29) is 6.10 Å². The highest BCUT2D eigenvalue weighted by Gasteiger charge is 2.31. The van der Waals surface area contributed by atoms with Gasteiger partial charge < -0.3 is 10.0 Å². The molecular formula is C13H26N2O. The Morgan fingerprint density at radius 3 is 2.62 bits per heavy atom. The molecule has 1 aliphatic heterocycles. The van der Waals surface area contributed by atoms with Crippen LogP contribution in [0.15, 0.2) is 12.2 Å². The topological polar surface area (TPSA) is 26.7 Å². The molecule has 1 rings (SSSR count). The van der Waals surface area contributed by atoms with E-state index in [4.69, 9.17) is 0 Å². The standard InChI is InChI=1S/C13H26N2O/c1-4-5-6-7-8-9-15-10-12(14(2)3)13(16)11-15/h5-6,12-13,16H,4,7-11H2,1-3H3/b6-5-/t12-,13-/m0/s1. The number of rotatable bonds is 6. The molecule has 1 N–H and O–H groups in total. The minimum atomic E-state index is -0.179. The molecule has 94 valence electrons. The first-order valence-corrected chi connectivity index (χ1v) is 6.37. The number of allylic oxidation sites excluding steroid dienone is 2. The van der Waals surface area contributed by atoms with Crippen molar-refractivity contribution in [2.24, 2.45) is 0 Å². The number of likely N-dealkylation sites (N-methyl/N-ethyl adjacent to an activating group) is 1. The van der Waals surface area contributed by atoms with E-state index in [1.807, 2.05) is 14.1 Å². The zero-order valence-electron chi connectivity index (χ0n) is 10.9. The van der Waals surface area contributed by atoms with Gasteiger partial charge in [0, 0.05) is 19.1 Å². The molecule has 0 unspecified atom stereocenters. The van der Waals surface area contributed by atoms with Crippen LogP contribution < -0.4 is 0 Å². The highest BCUT2D eigenvalue weighted by Crippen LogP contribution is 2.14. The number of hydrogen-bond donors (Lipinski definition) is 1. The number of unbranched alkanes of at least 4 members (excludes halogenated alkanes) is 1. The van der Waals surface area contributed by atoms with Gasteiger partial charge in [0.25, 0.3) is 0 Å². The largest absolute Gasteiger partial charge is 0.390 e. The number of nitrogens with zero attached hydrogens (tertiary/aromatic N) is 2. The molecule has 16 heavy (non-hydrogen) atoms. The van der Waals surface area contributed by atoms with Crippen molar-refractivity contribution >= 4 is 0 Å². The molecule has 1 saturated heterocycles. The third kappa shape index (κ3) is 4.24. The van der Waals surface area contributed by atoms with E-state index in [1.54, 1.807) is 0 Å². The van der Waals surface area contributed by atoms with Gasteiger partial charge in [0.05, 0.1) is 6.10 Å². The molecule has 0 radical (unpaired) electrons. The van der Waals surface area contributed by atoms with Crippen molar-refractivity contribution in [3.05, 3.63) is 12.2 Å². The second kappa shape index (κ2) is 7.05. The van der Waals surface area contributed by atoms with Crippen LogP contribution in [0.4, 0.5) is 0 Å². The Morgan fingerprint density at radius 1 is 1.31 bits per heavy atom. The van der Waals surface area contributed by atoms with Crippen molar-refractivity contribution < 1.29 is 5.11 Å². The van der Waals surface area contributed by atoms with Gasteiger partial charge in [0.15, 0.2) is 0 Å². The lowest BCUT2D eigenvalue weighted by atomic mass is 10.2. The zero-order valence-corrected chi connectivity index (χ0v) is 10.9. The highest BCUT2D eigenvalue weighted by atomic mass is 16.3. The Kier molecular flexibility index (Phi) is 6.03. The van der Waals surface area contributed by atoms with E-state index in [0.717, 1.165) is 32.5 Å². The second-order valence-corrected chi connectivity index (χ2v) is 4.88. The maximum atomic E-state index is 9.87. The van der Waals surface area contributed by atoms with Crippen LogP contribution in [0.2, 0.25) is 0 Å². The lowest BCUT2D eigenvalue weighted by Crippen LogP contribution is -2.38. The highest BCUT2D eigenvalue weighted by molar-refractivity contribution is 4.89. The first kappa shape index (κ1) is 13.7. The van der Waals surface area contributed by atoms with Crippen LogP contribution >= 0.6 is 0 Å². The quantitative estimate of drug-likeness (QED) is 0.547. The van der Waals surface area contributed by atoms with Crippen molar-refractivity contribution in [2.45, 2.75) is 38.3 Å². The first-order valence-electron chi connectivity index (χ1n) is 6.37. The van der Waals surface area contributed by atoms with Crippen molar-refractivity contribution in [3.8, 4) is 0 Å². The van der Waals surface area contributed by atoms with E-state index >= 15 is 0 Å². The molecule has 3 heteroatoms. The summed E-state index contributed by atoms with van der Waals surface area (Å²) in [6.07, 6.45) is 7.79. The fourth-order valence-corrected chi connectivity index (χ4v) is 2.25. The molecular weight excluding hydrogens is 200 g/mol. The minimum Gasteiger partial charge on any atom is -0.390 e. The summed E-state index contributed by atoms with van der Waals surface area (Å²) in [5, 5.41) is 9.87. The molecule has 1 heterocycles. The van der Waals surface area contributed by atoms with Crippen LogP contribution in [-0.4, -0.2) is 60.8 Å². The van der Waals surface area contributed by atoms with Crippen molar-refractivity contribution in [3.63, 3.8) is 0 Å². The predicted molar refractivity (Wildman–Crippen MR) is 68.6 cm³/mol. The van der Waals surface area contributed by atoms with E-state index in [9.17, 15) is 5.11 Å². The molecule has 2 atom stereocenters. The summed E-state index contributed by atoms with van der Waals surface area (Å²) in [6, 6.07) is 0.311. The van der Waals surface area contributed by atoms with Crippen LogP contribution in [-0.2, 0) is 0 Å². The van der Waals surface area contributed by atoms with Gasteiger partial charge in [-0.3, -0.25) is 4.90 Å². The summed E-state index contributed by atoms with van der Waals surface area (Å²) in [7, 11) is 4.09. The first-order chi connectivity index (χ1) is 7.65. The summed E-state index contributed by atoms with van der Waals surface area (Å²) in [6.45, 7) is 5.11. The monoisotopic (exact) mass is 226 g/mol. The van der Waals surface area contributed by atoms with E-state index in [0.29, 0.717) is 6.04 Å². The van der Waals surface area contributed by atoms with E-state index < -0.39 is 0 Å². The van der Waals surface area contributed by atoms with Crippen molar-refractivity contribution in [1.82, 2.24) is 9.80 Å². The number of hydrogen-bond acceptors (Lipinski definition) is 3. The smallest absolute Gasteiger partial charge is 0.0834 e. The summed E-state index contributed by atoms with van der Waals surface area (Å²) in [5.41, 5.74) is 0. The number of aliphatic hydroxyl groups excluding tert-OH is 1. The lowest BCUT2D eigenvalue weighted by molar-refractivity contribution is 0.112. The Hall–Kier alpha value is -0.380. The molecule has 3 nitrogen and oxygen atoms in total. The van der Waals surface area contributed by atoms with Gasteiger partial charge in [-0.15, -0.1) is 0 Å². The van der Waals surface area contributed by atoms with E-state index in [2.05, 4.69) is 28.9 Å². The Morgan fingerprint density at radius 2 is 2.06 bits per heavy atom. The second-order valence-electron chi connectivity index (χ2n) is 4.88. The molecule has 0 aromatic carbocycles. The molecule has 0 saturated carbocycles. The van der Waals surface area contributed by atoms with Crippen LogP contribution in [0.3, 0.4) is 0 Å². The summed E-state index contributed by atoms with van der Waals surface area (Å²) in [4.78, 5) is 4.50. The maximum absolute atomic E-state index is 9.87. The number of β-amino-alcohol motifs (C(OH)–C–C–N with tert-alkyl or cyclic N) is 1. The summed E-state index contributed by atoms with van der Waals surface area (Å²) < 4.78 is 0. The molecule has 0 aromatic rings. The number of aliphatic hydroxyl groups is 1. The molecule has 0 aromatic heterocycles. The van der Waals surface area contributed by atoms with Crippen molar-refractivity contribution in [2.75, 3.05) is 33.7 Å². The predicted octanol–water partition coefficient (Wildman–Crippen LogP) is 1.34. The molecule has 0 bridgehead atoms. The van der Waals surface area contributed by atoms with Crippen LogP contribution in [0, 0.1) is 0 Å². The Balaban J connectivity index is 2.18. The van der Waals surface area contributed by atoms with E-state index in [1.165, 1.54) is 6.42 Å². The fourth-order valence-electron chi connectivity index (χ4n) is 2.25. The molecule has 0 amide bonds. The van der Waals surface area contributed by atoms with Gasteiger partial charge in [-0.1, -0.05) is 19.1 Å². The van der Waals surface area contributed by atoms with Gasteiger partial charge in [-0.25, -0.2) is 0 Å². The summed E-state index contributed by atoms with van der Waals surface area (Å²) >= 11 is 0. The number of likely N-dealkylation sites (tertiary alicyclic amines) is 1. The third-order valence-electron chi connectivity index (χ3n) is 3.25. The molecule has 1 aliphatic rings. The zero-order chi connectivity index (χ0) is 12.0. The maximum Gasteiger partial charge on any atom is 0.0834 e. The van der Waals surface area contributed by atoms with Crippen LogP contribution in [0.5, 0.6) is 0 Å². The molecule has 0 aliphatic carbocycles. The third-order valence-corrected chi connectivity index (χ3v) is 3.25. The SMILES string of the molecule is CC/C=C\CCCN1C[C@H](O)[C@@H](N(C)C)C1. The molecule has 1 fully saturated rings. The van der Waals surface area contributed by atoms with Gasteiger partial charge in [-0.2, -0.15) is 0 Å². The molecule has 0 spiro atoms. The van der Waals surface area contributed by atoms with Gasteiger partial charge in [0.2, 0.25) is 0 Å². The lowest BCUT2D eigenvalue weighted by Gasteiger charge is -2.21. The average molecular weight is 226 g/mol. The average Bonchev–Trinajstić information content (AvgIpc) is 2.59. The normalized spacial score (nSPS) is 27.3. The van der Waals surface area contributed by atoms with Gasteiger partial charge >= 0.3 is 0 Å².